The van der Waals surface area contributed by atoms with Crippen LogP contribution in [0.15, 0.2) is 12.4 Å². The highest BCUT2D eigenvalue weighted by Gasteiger charge is 2.04. The average Bonchev–Trinajstić information content (AvgIpc) is 2.26. The minimum Gasteiger partial charge on any atom is -0.474 e. The van der Waals surface area contributed by atoms with E-state index in [-0.39, 0.29) is 6.61 Å². The van der Waals surface area contributed by atoms with Gasteiger partial charge in [0.15, 0.2) is 0 Å². The van der Waals surface area contributed by atoms with Crippen LogP contribution in [0, 0.1) is 0 Å². The van der Waals surface area contributed by atoms with E-state index in [1.807, 2.05) is 6.92 Å². The van der Waals surface area contributed by atoms with Crippen LogP contribution in [0.25, 0.3) is 0 Å². The maximum absolute atomic E-state index is 9.29. The molecular formula is C11H18N2O2. The van der Waals surface area contributed by atoms with Gasteiger partial charge in [-0.1, -0.05) is 20.8 Å². The fourth-order valence-electron chi connectivity index (χ4n) is 0.998. The van der Waals surface area contributed by atoms with Crippen molar-refractivity contribution in [1.82, 2.24) is 9.97 Å². The maximum atomic E-state index is 9.29. The van der Waals surface area contributed by atoms with Gasteiger partial charge in [-0.2, -0.15) is 0 Å². The molecule has 1 heterocycles. The van der Waals surface area contributed by atoms with Crippen LogP contribution in [0.3, 0.4) is 0 Å². The van der Waals surface area contributed by atoms with Crippen LogP contribution >= 0.6 is 0 Å². The summed E-state index contributed by atoms with van der Waals surface area (Å²) in [6, 6.07) is 0. The monoisotopic (exact) mass is 210 g/mol. The molecule has 0 aliphatic heterocycles. The van der Waals surface area contributed by atoms with Gasteiger partial charge in [0.25, 0.3) is 0 Å². The van der Waals surface area contributed by atoms with Crippen LogP contribution in [0.4, 0.5) is 0 Å². The van der Waals surface area contributed by atoms with Crippen molar-refractivity contribution in [1.29, 1.82) is 0 Å². The number of aromatic nitrogens is 2. The molecule has 15 heavy (non-hydrogen) atoms. The van der Waals surface area contributed by atoms with Crippen molar-refractivity contribution in [3.05, 3.63) is 18.1 Å². The highest BCUT2D eigenvalue weighted by molar-refractivity contribution is 5.09. The minimum atomic E-state index is -0.434. The van der Waals surface area contributed by atoms with E-state index in [4.69, 9.17) is 4.74 Å². The van der Waals surface area contributed by atoms with Gasteiger partial charge < -0.3 is 9.84 Å². The number of hydrogen-bond acceptors (Lipinski definition) is 4. The first-order valence-corrected chi connectivity index (χ1v) is 5.26. The average molecular weight is 210 g/mol. The summed E-state index contributed by atoms with van der Waals surface area (Å²) in [4.78, 5) is 8.32. The quantitative estimate of drug-likeness (QED) is 0.804. The normalized spacial score (nSPS) is 12.9. The number of aliphatic hydroxyl groups excluding tert-OH is 1. The molecule has 0 saturated heterocycles. The lowest BCUT2D eigenvalue weighted by atomic mass is 10.1. The van der Waals surface area contributed by atoms with Gasteiger partial charge in [-0.05, 0) is 12.3 Å². The summed E-state index contributed by atoms with van der Waals surface area (Å²) >= 11 is 0. The molecule has 1 aromatic rings. The van der Waals surface area contributed by atoms with E-state index in [9.17, 15) is 5.11 Å². The lowest BCUT2D eigenvalue weighted by Crippen LogP contribution is -2.16. The molecule has 0 saturated carbocycles. The lowest BCUT2D eigenvalue weighted by molar-refractivity contribution is 0.101. The van der Waals surface area contributed by atoms with Crippen molar-refractivity contribution in [2.24, 2.45) is 0 Å². The van der Waals surface area contributed by atoms with Crippen molar-refractivity contribution in [3.8, 4) is 5.88 Å². The molecule has 0 amide bonds. The van der Waals surface area contributed by atoms with Gasteiger partial charge in [-0.3, -0.25) is 4.98 Å². The third-order valence-electron chi connectivity index (χ3n) is 2.13. The molecule has 0 fully saturated rings. The summed E-state index contributed by atoms with van der Waals surface area (Å²) < 4.78 is 5.27. The Morgan fingerprint density at radius 2 is 2.07 bits per heavy atom. The second-order valence-electron chi connectivity index (χ2n) is 3.81. The molecule has 1 N–H and O–H groups in total. The largest absolute Gasteiger partial charge is 0.474 e. The standard InChI is InChI=1S/C11H18N2O2/c1-4-9(14)7-15-11-6-12-10(5-13-11)8(2)3/h5-6,8-9,14H,4,7H2,1-3H3. The first-order valence-electron chi connectivity index (χ1n) is 5.26. The summed E-state index contributed by atoms with van der Waals surface area (Å²) in [7, 11) is 0. The molecule has 4 nitrogen and oxygen atoms in total. The second-order valence-corrected chi connectivity index (χ2v) is 3.81. The zero-order valence-electron chi connectivity index (χ0n) is 9.47. The summed E-state index contributed by atoms with van der Waals surface area (Å²) in [5.74, 6) is 0.833. The van der Waals surface area contributed by atoms with E-state index >= 15 is 0 Å². The highest BCUT2D eigenvalue weighted by Crippen LogP contribution is 2.12. The van der Waals surface area contributed by atoms with Gasteiger partial charge in [0.1, 0.15) is 6.61 Å². The van der Waals surface area contributed by atoms with Crippen molar-refractivity contribution >= 4 is 0 Å². The molecule has 4 heteroatoms. The predicted molar refractivity (Wildman–Crippen MR) is 57.9 cm³/mol. The molecule has 0 aliphatic carbocycles. The molecule has 1 atom stereocenters. The van der Waals surface area contributed by atoms with Crippen LogP contribution in [0.2, 0.25) is 0 Å². The topological polar surface area (TPSA) is 55.2 Å². The van der Waals surface area contributed by atoms with Crippen molar-refractivity contribution in [2.45, 2.75) is 39.2 Å². The van der Waals surface area contributed by atoms with Crippen molar-refractivity contribution < 1.29 is 9.84 Å². The maximum Gasteiger partial charge on any atom is 0.232 e. The third-order valence-corrected chi connectivity index (χ3v) is 2.13. The van der Waals surface area contributed by atoms with Gasteiger partial charge >= 0.3 is 0 Å². The number of ether oxygens (including phenoxy) is 1. The lowest BCUT2D eigenvalue weighted by Gasteiger charge is -2.09. The fourth-order valence-corrected chi connectivity index (χ4v) is 0.998. The van der Waals surface area contributed by atoms with E-state index in [1.165, 1.54) is 0 Å². The van der Waals surface area contributed by atoms with E-state index < -0.39 is 6.10 Å². The molecule has 84 valence electrons. The number of rotatable bonds is 5. The Kier molecular flexibility index (Phi) is 4.49. The third kappa shape index (κ3) is 3.83. The zero-order valence-corrected chi connectivity index (χ0v) is 9.47. The Bertz CT molecular complexity index is 285. The summed E-state index contributed by atoms with van der Waals surface area (Å²) in [5.41, 5.74) is 0.943. The predicted octanol–water partition coefficient (Wildman–Crippen LogP) is 1.75. The van der Waals surface area contributed by atoms with Crippen LogP contribution < -0.4 is 4.74 Å². The second kappa shape index (κ2) is 5.66. The molecule has 0 radical (unpaired) electrons. The molecule has 1 aromatic heterocycles. The Morgan fingerprint density at radius 3 is 2.53 bits per heavy atom. The van der Waals surface area contributed by atoms with Gasteiger partial charge in [0.2, 0.25) is 5.88 Å². The van der Waals surface area contributed by atoms with Crippen LogP contribution in [0.1, 0.15) is 38.8 Å². The minimum absolute atomic E-state index is 0.270. The molecule has 0 aliphatic rings. The SMILES string of the molecule is CCC(O)COc1cnc(C(C)C)cn1. The van der Waals surface area contributed by atoms with Gasteiger partial charge in [-0.25, -0.2) is 4.98 Å². The number of hydrogen-bond donors (Lipinski definition) is 1. The Balaban J connectivity index is 2.50. The van der Waals surface area contributed by atoms with Crippen LogP contribution in [-0.2, 0) is 0 Å². The molecule has 0 aromatic carbocycles. The molecular weight excluding hydrogens is 192 g/mol. The Labute approximate surface area is 90.3 Å². The summed E-state index contributed by atoms with van der Waals surface area (Å²) in [6.45, 7) is 6.30. The van der Waals surface area contributed by atoms with E-state index in [0.717, 1.165) is 5.69 Å². The van der Waals surface area contributed by atoms with Gasteiger partial charge in [0, 0.05) is 0 Å². The van der Waals surface area contributed by atoms with Crippen molar-refractivity contribution in [3.63, 3.8) is 0 Å². The fraction of sp³-hybridized carbons (Fsp3) is 0.636. The van der Waals surface area contributed by atoms with E-state index in [1.54, 1.807) is 12.4 Å². The van der Waals surface area contributed by atoms with Crippen LogP contribution in [-0.4, -0.2) is 27.8 Å². The highest BCUT2D eigenvalue weighted by atomic mass is 16.5. The number of nitrogens with zero attached hydrogens (tertiary/aromatic N) is 2. The van der Waals surface area contributed by atoms with E-state index in [0.29, 0.717) is 18.2 Å². The zero-order chi connectivity index (χ0) is 11.3. The summed E-state index contributed by atoms with van der Waals surface area (Å²) in [5, 5.41) is 9.29. The molecule has 0 spiro atoms. The molecule has 1 unspecified atom stereocenters. The first kappa shape index (κ1) is 11.9. The first-order chi connectivity index (χ1) is 7.13. The molecule has 1 rings (SSSR count). The van der Waals surface area contributed by atoms with Crippen molar-refractivity contribution in [2.75, 3.05) is 6.61 Å². The Morgan fingerprint density at radius 1 is 1.33 bits per heavy atom. The Hall–Kier alpha value is -1.16. The van der Waals surface area contributed by atoms with Gasteiger partial charge in [-0.15, -0.1) is 0 Å². The van der Waals surface area contributed by atoms with E-state index in [2.05, 4.69) is 23.8 Å². The summed E-state index contributed by atoms with van der Waals surface area (Å²) in [6.07, 6.45) is 3.55. The van der Waals surface area contributed by atoms with Crippen LogP contribution in [0.5, 0.6) is 5.88 Å². The number of aliphatic hydroxyl groups is 1. The molecule has 0 bridgehead atoms. The van der Waals surface area contributed by atoms with Gasteiger partial charge in [0.05, 0.1) is 24.2 Å². The smallest absolute Gasteiger partial charge is 0.232 e.